The Balaban J connectivity index is 1.76. The Bertz CT molecular complexity index is 656. The molecule has 2 N–H and O–H groups in total. The number of aromatic nitrogens is 2. The highest BCUT2D eigenvalue weighted by molar-refractivity contribution is 7.18. The second-order valence-electron chi connectivity index (χ2n) is 5.31. The quantitative estimate of drug-likeness (QED) is 0.931. The molecule has 1 amide bonds. The van der Waals surface area contributed by atoms with E-state index in [9.17, 15) is 4.79 Å². The molecule has 0 bridgehead atoms. The van der Waals surface area contributed by atoms with E-state index < -0.39 is 0 Å². The molecule has 3 rings (SSSR count). The topological polar surface area (TPSA) is 81.3 Å². The molecule has 0 aliphatic carbocycles. The van der Waals surface area contributed by atoms with E-state index in [2.05, 4.69) is 15.1 Å². The summed E-state index contributed by atoms with van der Waals surface area (Å²) in [4.78, 5) is 13.5. The molecule has 1 fully saturated rings. The molecule has 0 saturated carbocycles. The molecule has 22 heavy (non-hydrogen) atoms. The monoisotopic (exact) mass is 318 g/mol. The molecule has 1 aromatic carbocycles. The smallest absolute Gasteiger partial charge is 0.222 e. The minimum atomic E-state index is -0.232. The summed E-state index contributed by atoms with van der Waals surface area (Å²) in [7, 11) is 1.64. The maximum absolute atomic E-state index is 11.4. The molecule has 1 aliphatic rings. The number of nitrogens with zero attached hydrogens (tertiary/aromatic N) is 3. The average molecular weight is 318 g/mol. The molecule has 1 aliphatic heterocycles. The van der Waals surface area contributed by atoms with Gasteiger partial charge in [0.15, 0.2) is 0 Å². The van der Waals surface area contributed by atoms with Crippen LogP contribution in [0.4, 0.5) is 5.13 Å². The second-order valence-corrected chi connectivity index (χ2v) is 6.26. The number of anilines is 1. The molecule has 1 unspecified atom stereocenters. The third kappa shape index (κ3) is 3.04. The number of amides is 1. The molecule has 116 valence electrons. The van der Waals surface area contributed by atoms with Crippen LogP contribution in [0.15, 0.2) is 24.3 Å². The van der Waals surface area contributed by atoms with Crippen molar-refractivity contribution in [2.45, 2.75) is 12.8 Å². The van der Waals surface area contributed by atoms with Crippen LogP contribution in [0.25, 0.3) is 10.6 Å². The summed E-state index contributed by atoms with van der Waals surface area (Å²) in [6.45, 7) is 1.52. The summed E-state index contributed by atoms with van der Waals surface area (Å²) in [6.07, 6.45) is 1.81. The first-order valence-electron chi connectivity index (χ1n) is 7.19. The molecule has 2 heterocycles. The number of nitrogens with two attached hydrogens (primary N) is 1. The largest absolute Gasteiger partial charge is 0.497 e. The third-order valence-electron chi connectivity index (χ3n) is 3.85. The van der Waals surface area contributed by atoms with Crippen LogP contribution in [-0.4, -0.2) is 36.3 Å². The highest BCUT2D eigenvalue weighted by atomic mass is 32.1. The van der Waals surface area contributed by atoms with Crippen molar-refractivity contribution in [2.24, 2.45) is 11.7 Å². The van der Waals surface area contributed by atoms with Crippen molar-refractivity contribution in [1.29, 1.82) is 0 Å². The van der Waals surface area contributed by atoms with Gasteiger partial charge in [-0.25, -0.2) is 0 Å². The van der Waals surface area contributed by atoms with Gasteiger partial charge >= 0.3 is 0 Å². The molecule has 0 radical (unpaired) electrons. The maximum atomic E-state index is 11.4. The minimum absolute atomic E-state index is 0.0953. The Labute approximate surface area is 132 Å². The van der Waals surface area contributed by atoms with Crippen LogP contribution in [0, 0.1) is 5.92 Å². The molecule has 0 spiro atoms. The number of carbonyl (C=O) groups is 1. The van der Waals surface area contributed by atoms with E-state index >= 15 is 0 Å². The van der Waals surface area contributed by atoms with Gasteiger partial charge < -0.3 is 15.4 Å². The van der Waals surface area contributed by atoms with E-state index in [0.29, 0.717) is 6.54 Å². The summed E-state index contributed by atoms with van der Waals surface area (Å²) in [5.74, 6) is 0.487. The highest BCUT2D eigenvalue weighted by Crippen LogP contribution is 2.31. The Morgan fingerprint density at radius 2 is 2.14 bits per heavy atom. The predicted molar refractivity (Wildman–Crippen MR) is 86.0 cm³/mol. The normalized spacial score (nSPS) is 18.2. The first kappa shape index (κ1) is 14.8. The minimum Gasteiger partial charge on any atom is -0.497 e. The van der Waals surface area contributed by atoms with E-state index in [1.165, 1.54) is 11.3 Å². The van der Waals surface area contributed by atoms with Gasteiger partial charge in [0.05, 0.1) is 13.0 Å². The lowest BCUT2D eigenvalue weighted by Crippen LogP contribution is -2.41. The first-order valence-corrected chi connectivity index (χ1v) is 8.01. The lowest BCUT2D eigenvalue weighted by atomic mass is 9.98. The Morgan fingerprint density at radius 3 is 2.82 bits per heavy atom. The fraction of sp³-hybridized carbons (Fsp3) is 0.400. The van der Waals surface area contributed by atoms with Gasteiger partial charge in [-0.3, -0.25) is 4.79 Å². The van der Waals surface area contributed by atoms with E-state index in [0.717, 1.165) is 40.8 Å². The van der Waals surface area contributed by atoms with Crippen molar-refractivity contribution in [2.75, 3.05) is 25.1 Å². The number of hydrogen-bond donors (Lipinski definition) is 1. The SMILES string of the molecule is COc1ccc(-c2nnc(N3CCCC(C(N)=O)C3)s2)cc1. The number of rotatable bonds is 4. The van der Waals surface area contributed by atoms with Crippen LogP contribution < -0.4 is 15.4 Å². The Kier molecular flexibility index (Phi) is 4.24. The van der Waals surface area contributed by atoms with Crippen molar-refractivity contribution < 1.29 is 9.53 Å². The second kappa shape index (κ2) is 6.31. The fourth-order valence-electron chi connectivity index (χ4n) is 2.58. The molecule has 7 heteroatoms. The number of benzene rings is 1. The molecule has 6 nitrogen and oxygen atoms in total. The highest BCUT2D eigenvalue weighted by Gasteiger charge is 2.26. The summed E-state index contributed by atoms with van der Waals surface area (Å²) in [6, 6.07) is 7.73. The average Bonchev–Trinajstić information content (AvgIpc) is 3.05. The zero-order chi connectivity index (χ0) is 15.5. The van der Waals surface area contributed by atoms with Crippen molar-refractivity contribution in [3.05, 3.63) is 24.3 Å². The molecule has 1 saturated heterocycles. The fourth-order valence-corrected chi connectivity index (χ4v) is 3.46. The van der Waals surface area contributed by atoms with Gasteiger partial charge in [0.2, 0.25) is 11.0 Å². The number of piperidine rings is 1. The zero-order valence-electron chi connectivity index (χ0n) is 12.4. The van der Waals surface area contributed by atoms with Crippen molar-refractivity contribution in [1.82, 2.24) is 10.2 Å². The van der Waals surface area contributed by atoms with Gasteiger partial charge in [-0.2, -0.15) is 0 Å². The standard InChI is InChI=1S/C15H18N4O2S/c1-21-12-6-4-10(5-7-12)14-17-18-15(22-14)19-8-2-3-11(9-19)13(16)20/h4-7,11H,2-3,8-9H2,1H3,(H2,16,20). The number of carbonyl (C=O) groups excluding carboxylic acids is 1. The lowest BCUT2D eigenvalue weighted by Gasteiger charge is -2.30. The van der Waals surface area contributed by atoms with E-state index in [4.69, 9.17) is 10.5 Å². The predicted octanol–water partition coefficient (Wildman–Crippen LogP) is 1.92. The summed E-state index contributed by atoms with van der Waals surface area (Å²) >= 11 is 1.53. The van der Waals surface area contributed by atoms with Gasteiger partial charge in [-0.15, -0.1) is 10.2 Å². The zero-order valence-corrected chi connectivity index (χ0v) is 13.2. The van der Waals surface area contributed by atoms with Gasteiger partial charge in [-0.05, 0) is 37.1 Å². The van der Waals surface area contributed by atoms with Crippen LogP contribution in [0.3, 0.4) is 0 Å². The Morgan fingerprint density at radius 1 is 1.36 bits per heavy atom. The number of hydrogen-bond acceptors (Lipinski definition) is 6. The van der Waals surface area contributed by atoms with Gasteiger partial charge in [0, 0.05) is 18.7 Å². The van der Waals surface area contributed by atoms with Crippen LogP contribution in [-0.2, 0) is 4.79 Å². The maximum Gasteiger partial charge on any atom is 0.222 e. The first-order chi connectivity index (χ1) is 10.7. The van der Waals surface area contributed by atoms with E-state index in [1.807, 2.05) is 24.3 Å². The third-order valence-corrected chi connectivity index (χ3v) is 4.88. The summed E-state index contributed by atoms with van der Waals surface area (Å²) < 4.78 is 5.16. The van der Waals surface area contributed by atoms with Crippen molar-refractivity contribution in [3.63, 3.8) is 0 Å². The van der Waals surface area contributed by atoms with Gasteiger partial charge in [-0.1, -0.05) is 11.3 Å². The molecular formula is C15H18N4O2S. The number of methoxy groups -OCH3 is 1. The number of ether oxygens (including phenoxy) is 1. The van der Waals surface area contributed by atoms with Crippen LogP contribution in [0.2, 0.25) is 0 Å². The van der Waals surface area contributed by atoms with E-state index in [1.54, 1.807) is 7.11 Å². The molecule has 1 aromatic heterocycles. The van der Waals surface area contributed by atoms with E-state index in [-0.39, 0.29) is 11.8 Å². The molecule has 2 aromatic rings. The van der Waals surface area contributed by atoms with Crippen LogP contribution in [0.5, 0.6) is 5.75 Å². The van der Waals surface area contributed by atoms with Gasteiger partial charge in [0.25, 0.3) is 0 Å². The van der Waals surface area contributed by atoms with Crippen LogP contribution in [0.1, 0.15) is 12.8 Å². The molecule has 1 atom stereocenters. The van der Waals surface area contributed by atoms with Crippen LogP contribution >= 0.6 is 11.3 Å². The Hall–Kier alpha value is -2.15. The lowest BCUT2D eigenvalue weighted by molar-refractivity contribution is -0.122. The van der Waals surface area contributed by atoms with Gasteiger partial charge in [0.1, 0.15) is 10.8 Å². The molecular weight excluding hydrogens is 300 g/mol. The van der Waals surface area contributed by atoms with Crippen molar-refractivity contribution >= 4 is 22.4 Å². The number of primary amides is 1. The summed E-state index contributed by atoms with van der Waals surface area (Å²) in [5, 5.41) is 10.2. The summed E-state index contributed by atoms with van der Waals surface area (Å²) in [5.41, 5.74) is 6.43. The van der Waals surface area contributed by atoms with Crippen molar-refractivity contribution in [3.8, 4) is 16.3 Å².